The van der Waals surface area contributed by atoms with E-state index in [-0.39, 0.29) is 15.2 Å². The molecule has 34 heavy (non-hydrogen) atoms. The molecular formula is C29H27O4S+. The van der Waals surface area contributed by atoms with E-state index in [0.717, 1.165) is 16.9 Å². The third-order valence-electron chi connectivity index (χ3n) is 5.99. The molecule has 0 saturated carbocycles. The first-order valence-electron chi connectivity index (χ1n) is 10.9. The molecule has 4 aromatic carbocycles. The first-order valence-corrected chi connectivity index (χ1v) is 12.4. The van der Waals surface area contributed by atoms with E-state index in [1.54, 1.807) is 55.6 Å². The van der Waals surface area contributed by atoms with Crippen LogP contribution in [0.2, 0.25) is 0 Å². The second-order valence-corrected chi connectivity index (χ2v) is 10.5. The van der Waals surface area contributed by atoms with Crippen molar-refractivity contribution in [3.8, 4) is 17.2 Å². The van der Waals surface area contributed by atoms with Crippen molar-refractivity contribution < 1.29 is 17.9 Å². The van der Waals surface area contributed by atoms with Gasteiger partial charge in [-0.25, -0.2) is 8.42 Å². The fraction of sp³-hybridized carbons (Fsp3) is 0.138. The fourth-order valence-electron chi connectivity index (χ4n) is 3.74. The van der Waals surface area contributed by atoms with Gasteiger partial charge in [0.05, 0.1) is 16.9 Å². The van der Waals surface area contributed by atoms with Crippen LogP contribution in [0, 0.1) is 6.92 Å². The summed E-state index contributed by atoms with van der Waals surface area (Å²) < 4.78 is 36.9. The second kappa shape index (κ2) is 9.27. The first-order chi connectivity index (χ1) is 16.2. The molecule has 0 saturated heterocycles. The monoisotopic (exact) mass is 471 g/mol. The van der Waals surface area contributed by atoms with Gasteiger partial charge in [0.25, 0.3) is 0 Å². The van der Waals surface area contributed by atoms with E-state index in [9.17, 15) is 8.42 Å². The van der Waals surface area contributed by atoms with E-state index in [0.29, 0.717) is 11.5 Å². The van der Waals surface area contributed by atoms with E-state index in [2.05, 4.69) is 32.9 Å². The SMILES string of the molecule is [CH2+]c1ccc(S(=O)(=O)c2ccc(Oc3ccc(C(C)(C)c4ccc(OC)cc4)cc3)cc2)cc1. The van der Waals surface area contributed by atoms with Crippen LogP contribution in [0.5, 0.6) is 17.2 Å². The lowest BCUT2D eigenvalue weighted by atomic mass is 9.78. The predicted molar refractivity (Wildman–Crippen MR) is 134 cm³/mol. The van der Waals surface area contributed by atoms with Crippen molar-refractivity contribution in [2.24, 2.45) is 0 Å². The van der Waals surface area contributed by atoms with Crippen LogP contribution in [0.25, 0.3) is 0 Å². The van der Waals surface area contributed by atoms with Crippen molar-refractivity contribution in [1.29, 1.82) is 0 Å². The minimum absolute atomic E-state index is 0.188. The number of rotatable bonds is 7. The van der Waals surface area contributed by atoms with Crippen molar-refractivity contribution in [2.75, 3.05) is 7.11 Å². The number of hydrogen-bond donors (Lipinski definition) is 0. The highest BCUT2D eigenvalue weighted by molar-refractivity contribution is 7.91. The maximum atomic E-state index is 12.8. The van der Waals surface area contributed by atoms with Gasteiger partial charge in [0.15, 0.2) is 0 Å². The Kier molecular flexibility index (Phi) is 6.40. The maximum Gasteiger partial charge on any atom is 0.208 e. The number of methoxy groups -OCH3 is 1. The normalized spacial score (nSPS) is 11.7. The van der Waals surface area contributed by atoms with Crippen LogP contribution in [-0.4, -0.2) is 15.5 Å². The highest BCUT2D eigenvalue weighted by Gasteiger charge is 2.23. The summed E-state index contributed by atoms with van der Waals surface area (Å²) in [6.45, 7) is 8.14. The Morgan fingerprint density at radius 1 is 0.618 bits per heavy atom. The molecule has 5 heteroatoms. The Hall–Kier alpha value is -3.70. The van der Waals surface area contributed by atoms with Gasteiger partial charge in [0, 0.05) is 36.6 Å². The molecular weight excluding hydrogens is 444 g/mol. The molecule has 0 aliphatic carbocycles. The van der Waals surface area contributed by atoms with Gasteiger partial charge in [-0.1, -0.05) is 38.1 Å². The molecule has 0 heterocycles. The summed E-state index contributed by atoms with van der Waals surface area (Å²) in [5.41, 5.74) is 2.91. The third-order valence-corrected chi connectivity index (χ3v) is 7.78. The highest BCUT2D eigenvalue weighted by atomic mass is 32.2. The van der Waals surface area contributed by atoms with Gasteiger partial charge < -0.3 is 9.47 Å². The molecule has 0 fully saturated rings. The summed E-state index contributed by atoms with van der Waals surface area (Å²) in [5.74, 6) is 2.07. The highest BCUT2D eigenvalue weighted by Crippen LogP contribution is 2.34. The molecule has 0 aliphatic heterocycles. The number of hydrogen-bond acceptors (Lipinski definition) is 4. The van der Waals surface area contributed by atoms with Crippen molar-refractivity contribution in [1.82, 2.24) is 0 Å². The molecule has 0 aliphatic rings. The molecule has 4 aromatic rings. The van der Waals surface area contributed by atoms with E-state index in [1.807, 2.05) is 36.4 Å². The quantitative estimate of drug-likeness (QED) is 0.277. The molecule has 0 N–H and O–H groups in total. The minimum atomic E-state index is -3.59. The Balaban J connectivity index is 1.48. The van der Waals surface area contributed by atoms with Gasteiger partial charge in [0.2, 0.25) is 9.84 Å². The summed E-state index contributed by atoms with van der Waals surface area (Å²) in [6.07, 6.45) is 0. The Bertz CT molecular complexity index is 1350. The molecule has 0 spiro atoms. The summed E-state index contributed by atoms with van der Waals surface area (Å²) >= 11 is 0. The topological polar surface area (TPSA) is 52.6 Å². The molecule has 0 atom stereocenters. The lowest BCUT2D eigenvalue weighted by Gasteiger charge is -2.26. The summed E-state index contributed by atoms with van der Waals surface area (Å²) in [6, 6.07) is 29.0. The molecule has 0 aromatic heterocycles. The van der Waals surface area contributed by atoms with Crippen LogP contribution in [0.1, 0.15) is 30.5 Å². The van der Waals surface area contributed by atoms with Gasteiger partial charge in [-0.15, -0.1) is 0 Å². The molecule has 0 radical (unpaired) electrons. The molecule has 172 valence electrons. The standard InChI is InChI=1S/C29H27O4S/c1-21-5-17-27(18-6-21)34(30,31)28-19-15-26(16-20-28)33-25-13-9-23(10-14-25)29(2,3)22-7-11-24(32-4)12-8-22/h5-20H,1H2,2-4H3/q+1. The van der Waals surface area contributed by atoms with Crippen LogP contribution in [0.3, 0.4) is 0 Å². The summed E-state index contributed by atoms with van der Waals surface area (Å²) in [4.78, 5) is 0.455. The van der Waals surface area contributed by atoms with Crippen LogP contribution in [-0.2, 0) is 15.3 Å². The van der Waals surface area contributed by atoms with Crippen molar-refractivity contribution >= 4 is 9.84 Å². The maximum absolute atomic E-state index is 12.8. The average molecular weight is 472 g/mol. The Morgan fingerprint density at radius 3 is 1.44 bits per heavy atom. The third kappa shape index (κ3) is 4.80. The van der Waals surface area contributed by atoms with Crippen LogP contribution >= 0.6 is 0 Å². The van der Waals surface area contributed by atoms with Crippen LogP contribution < -0.4 is 9.47 Å². The van der Waals surface area contributed by atoms with Gasteiger partial charge >= 0.3 is 0 Å². The lowest BCUT2D eigenvalue weighted by molar-refractivity contribution is 0.414. The second-order valence-electron chi connectivity index (χ2n) is 8.60. The van der Waals surface area contributed by atoms with Crippen molar-refractivity contribution in [2.45, 2.75) is 29.1 Å². The Labute approximate surface area is 201 Å². The van der Waals surface area contributed by atoms with Gasteiger partial charge in [-0.05, 0) is 59.7 Å². The van der Waals surface area contributed by atoms with Crippen LogP contribution in [0.4, 0.5) is 0 Å². The predicted octanol–water partition coefficient (Wildman–Crippen LogP) is 6.83. The molecule has 4 rings (SSSR count). The lowest BCUT2D eigenvalue weighted by Crippen LogP contribution is -2.18. The zero-order valence-corrected chi connectivity index (χ0v) is 20.3. The first kappa shape index (κ1) is 23.5. The number of sulfone groups is 1. The zero-order chi connectivity index (χ0) is 24.3. The number of benzene rings is 4. The smallest absolute Gasteiger partial charge is 0.208 e. The average Bonchev–Trinajstić information content (AvgIpc) is 2.85. The molecule has 4 nitrogen and oxygen atoms in total. The van der Waals surface area contributed by atoms with Gasteiger partial charge in [-0.2, -0.15) is 0 Å². The van der Waals surface area contributed by atoms with E-state index in [4.69, 9.17) is 9.47 Å². The van der Waals surface area contributed by atoms with Crippen molar-refractivity contribution in [3.63, 3.8) is 0 Å². The van der Waals surface area contributed by atoms with E-state index < -0.39 is 9.84 Å². The van der Waals surface area contributed by atoms with Crippen molar-refractivity contribution in [3.05, 3.63) is 121 Å². The minimum Gasteiger partial charge on any atom is -0.497 e. The van der Waals surface area contributed by atoms with E-state index in [1.165, 1.54) is 5.56 Å². The molecule has 0 amide bonds. The summed E-state index contributed by atoms with van der Waals surface area (Å²) in [5, 5.41) is 0. The largest absolute Gasteiger partial charge is 0.497 e. The molecule has 0 bridgehead atoms. The Morgan fingerprint density at radius 2 is 1.00 bits per heavy atom. The fourth-order valence-corrected chi connectivity index (χ4v) is 5.00. The zero-order valence-electron chi connectivity index (χ0n) is 19.5. The summed E-state index contributed by atoms with van der Waals surface area (Å²) in [7, 11) is -1.93. The van der Waals surface area contributed by atoms with E-state index >= 15 is 0 Å². The van der Waals surface area contributed by atoms with Gasteiger partial charge in [0.1, 0.15) is 22.8 Å². The number of ether oxygens (including phenoxy) is 2. The van der Waals surface area contributed by atoms with Crippen LogP contribution in [0.15, 0.2) is 107 Å². The van der Waals surface area contributed by atoms with Gasteiger partial charge in [-0.3, -0.25) is 0 Å². The molecule has 0 unspecified atom stereocenters.